The van der Waals surface area contributed by atoms with Crippen LogP contribution in [0.3, 0.4) is 0 Å². The molecule has 10 heteroatoms. The summed E-state index contributed by atoms with van der Waals surface area (Å²) < 4.78 is 40.3. The highest BCUT2D eigenvalue weighted by Gasteiger charge is 2.33. The fourth-order valence-electron chi connectivity index (χ4n) is 5.10. The average Bonchev–Trinajstić information content (AvgIpc) is 3.43. The van der Waals surface area contributed by atoms with Gasteiger partial charge in [0, 0.05) is 24.4 Å². The number of nitrogens with zero attached hydrogens (tertiary/aromatic N) is 3. The predicted octanol–water partition coefficient (Wildman–Crippen LogP) is 5.22. The van der Waals surface area contributed by atoms with Crippen molar-refractivity contribution in [3.05, 3.63) is 88.2 Å². The van der Waals surface area contributed by atoms with Crippen molar-refractivity contribution in [2.24, 2.45) is 0 Å². The number of hydrogen-bond acceptors (Lipinski definition) is 8. The summed E-state index contributed by atoms with van der Waals surface area (Å²) in [4.78, 5) is 21.6. The van der Waals surface area contributed by atoms with Gasteiger partial charge < -0.3 is 14.6 Å². The quantitative estimate of drug-likeness (QED) is 0.295. The molecule has 0 amide bonds. The summed E-state index contributed by atoms with van der Waals surface area (Å²) in [5.41, 5.74) is 2.53. The van der Waals surface area contributed by atoms with Crippen LogP contribution in [0, 0.1) is 6.92 Å². The smallest absolute Gasteiger partial charge is 0.277 e. The number of fused-ring (bicyclic) bond motifs is 1. The Labute approximate surface area is 233 Å². The first-order valence-corrected chi connectivity index (χ1v) is 14.7. The lowest BCUT2D eigenvalue weighted by Crippen LogP contribution is -2.33. The molecule has 5 rings (SSSR count). The van der Waals surface area contributed by atoms with Crippen molar-refractivity contribution < 1.29 is 23.0 Å². The minimum absolute atomic E-state index is 0.0584. The van der Waals surface area contributed by atoms with Gasteiger partial charge in [0.05, 0.1) is 10.9 Å². The van der Waals surface area contributed by atoms with Crippen LogP contribution in [0.1, 0.15) is 56.1 Å². The van der Waals surface area contributed by atoms with E-state index in [1.54, 1.807) is 36.7 Å². The molecule has 1 aliphatic rings. The number of sulfone groups is 1. The molecule has 1 N–H and O–H groups in total. The van der Waals surface area contributed by atoms with Crippen LogP contribution >= 0.6 is 0 Å². The molecule has 3 heterocycles. The van der Waals surface area contributed by atoms with E-state index in [9.17, 15) is 18.3 Å². The first kappa shape index (κ1) is 27.4. The maximum Gasteiger partial charge on any atom is 0.277 e. The molecular weight excluding hydrogens is 530 g/mol. The number of benzene rings is 2. The minimum Gasteiger partial charge on any atom is -0.492 e. The lowest BCUT2D eigenvalue weighted by Gasteiger charge is -2.24. The second-order valence-electron chi connectivity index (χ2n) is 9.68. The Hall–Kier alpha value is -4.18. The molecule has 1 aliphatic heterocycles. The second kappa shape index (κ2) is 11.1. The SMILES string of the molecule is CCCCc1nc(O)c(S(=O)(=O)c2ccc(-c3ccncc3C)cc2)c(=O)n1[C@H](CC)c1cccc2c1OCO2. The van der Waals surface area contributed by atoms with E-state index in [1.165, 1.54) is 16.7 Å². The van der Waals surface area contributed by atoms with E-state index in [1.807, 2.05) is 32.9 Å². The van der Waals surface area contributed by atoms with E-state index >= 15 is 0 Å². The third-order valence-corrected chi connectivity index (χ3v) is 8.92. The maximum absolute atomic E-state index is 14.1. The monoisotopic (exact) mass is 561 g/mol. The number of aryl methyl sites for hydroxylation is 2. The standard InChI is InChI=1S/C30H31N3O6S/c1-4-6-10-26-32-29(34)28(30(35)33(26)24(5-2)23-8-7-9-25-27(23)39-18-38-25)40(36,37)21-13-11-20(12-14-21)22-15-16-31-17-19(22)3/h7-9,11-17,24,34H,4-6,10,18H2,1-3H3/t24-/m1/s1. The van der Waals surface area contributed by atoms with Crippen molar-refractivity contribution in [3.8, 4) is 28.5 Å². The first-order valence-electron chi connectivity index (χ1n) is 13.3. The summed E-state index contributed by atoms with van der Waals surface area (Å²) >= 11 is 0. The van der Waals surface area contributed by atoms with Gasteiger partial charge >= 0.3 is 0 Å². The van der Waals surface area contributed by atoms with Crippen LogP contribution in [0.4, 0.5) is 0 Å². The normalized spacial score (nSPS) is 13.4. The number of ether oxygens (including phenoxy) is 2. The van der Waals surface area contributed by atoms with Gasteiger partial charge in [-0.1, -0.05) is 44.5 Å². The van der Waals surface area contributed by atoms with Crippen molar-refractivity contribution >= 4 is 9.84 Å². The van der Waals surface area contributed by atoms with Crippen molar-refractivity contribution in [2.45, 2.75) is 62.3 Å². The van der Waals surface area contributed by atoms with E-state index in [-0.39, 0.29) is 11.7 Å². The summed E-state index contributed by atoms with van der Waals surface area (Å²) in [7, 11) is -4.42. The van der Waals surface area contributed by atoms with Crippen LogP contribution in [-0.2, 0) is 16.3 Å². The number of aromatic nitrogens is 3. The summed E-state index contributed by atoms with van der Waals surface area (Å²) in [6.45, 7) is 5.88. The lowest BCUT2D eigenvalue weighted by molar-refractivity contribution is 0.172. The largest absolute Gasteiger partial charge is 0.492 e. The lowest BCUT2D eigenvalue weighted by atomic mass is 10.0. The van der Waals surface area contributed by atoms with Gasteiger partial charge in [-0.25, -0.2) is 8.42 Å². The summed E-state index contributed by atoms with van der Waals surface area (Å²) in [6.07, 6.45) is 5.77. The molecule has 9 nitrogen and oxygen atoms in total. The van der Waals surface area contributed by atoms with Crippen LogP contribution < -0.4 is 15.0 Å². The number of unbranched alkanes of at least 4 members (excludes halogenated alkanes) is 1. The van der Waals surface area contributed by atoms with Crippen molar-refractivity contribution in [1.82, 2.24) is 14.5 Å². The van der Waals surface area contributed by atoms with Crippen LogP contribution in [0.15, 0.2) is 75.5 Å². The topological polar surface area (TPSA) is 121 Å². The van der Waals surface area contributed by atoms with E-state index in [0.717, 1.165) is 23.1 Å². The van der Waals surface area contributed by atoms with Gasteiger partial charge in [-0.2, -0.15) is 4.98 Å². The second-order valence-corrected chi connectivity index (χ2v) is 11.6. The molecule has 0 aliphatic carbocycles. The summed E-state index contributed by atoms with van der Waals surface area (Å²) in [5, 5.41) is 10.9. The molecule has 0 saturated heterocycles. The molecule has 40 heavy (non-hydrogen) atoms. The van der Waals surface area contributed by atoms with Crippen molar-refractivity contribution in [3.63, 3.8) is 0 Å². The molecule has 0 saturated carbocycles. The maximum atomic E-state index is 14.1. The van der Waals surface area contributed by atoms with Gasteiger partial charge in [0.1, 0.15) is 5.82 Å². The van der Waals surface area contributed by atoms with Crippen LogP contribution in [0.25, 0.3) is 11.1 Å². The van der Waals surface area contributed by atoms with E-state index in [2.05, 4.69) is 9.97 Å². The Morgan fingerprint density at radius 2 is 1.85 bits per heavy atom. The highest BCUT2D eigenvalue weighted by molar-refractivity contribution is 7.91. The minimum atomic E-state index is -4.42. The van der Waals surface area contributed by atoms with E-state index in [4.69, 9.17) is 9.47 Å². The molecule has 0 fully saturated rings. The average molecular weight is 562 g/mol. The molecule has 0 radical (unpaired) electrons. The first-order chi connectivity index (χ1) is 19.3. The molecule has 1 atom stereocenters. The molecule has 0 bridgehead atoms. The zero-order chi connectivity index (χ0) is 28.4. The number of hydrogen-bond donors (Lipinski definition) is 1. The molecule has 2 aromatic heterocycles. The zero-order valence-electron chi connectivity index (χ0n) is 22.6. The third kappa shape index (κ3) is 4.83. The third-order valence-electron chi connectivity index (χ3n) is 7.13. The van der Waals surface area contributed by atoms with Gasteiger partial charge in [0.15, 0.2) is 16.4 Å². The summed E-state index contributed by atoms with van der Waals surface area (Å²) in [5.74, 6) is 0.592. The van der Waals surface area contributed by atoms with Crippen molar-refractivity contribution in [1.29, 1.82) is 0 Å². The molecule has 0 spiro atoms. The van der Waals surface area contributed by atoms with Gasteiger partial charge in [-0.05, 0) is 60.7 Å². The van der Waals surface area contributed by atoms with Crippen LogP contribution in [-0.4, -0.2) is 34.9 Å². The Bertz CT molecular complexity index is 1710. The molecular formula is C30H31N3O6S. The number of aromatic hydroxyl groups is 1. The fourth-order valence-corrected chi connectivity index (χ4v) is 6.45. The number of rotatable bonds is 9. The molecule has 0 unspecified atom stereocenters. The Morgan fingerprint density at radius 3 is 2.55 bits per heavy atom. The number of pyridine rings is 1. The van der Waals surface area contributed by atoms with Gasteiger partial charge in [0.2, 0.25) is 22.5 Å². The highest BCUT2D eigenvalue weighted by Crippen LogP contribution is 2.41. The Morgan fingerprint density at radius 1 is 1.07 bits per heavy atom. The Balaban J connectivity index is 1.65. The van der Waals surface area contributed by atoms with E-state index < -0.39 is 32.2 Å². The van der Waals surface area contributed by atoms with Gasteiger partial charge in [0.25, 0.3) is 5.56 Å². The van der Waals surface area contributed by atoms with Gasteiger partial charge in [-0.15, -0.1) is 0 Å². The molecule has 2 aromatic carbocycles. The van der Waals surface area contributed by atoms with Gasteiger partial charge in [-0.3, -0.25) is 14.3 Å². The van der Waals surface area contributed by atoms with Crippen molar-refractivity contribution in [2.75, 3.05) is 6.79 Å². The molecule has 208 valence electrons. The fraction of sp³-hybridized carbons (Fsp3) is 0.300. The zero-order valence-corrected chi connectivity index (χ0v) is 23.4. The predicted molar refractivity (Wildman–Crippen MR) is 150 cm³/mol. The van der Waals surface area contributed by atoms with E-state index in [0.29, 0.717) is 42.1 Å². The van der Waals surface area contributed by atoms with Crippen LogP contribution in [0.5, 0.6) is 17.4 Å². The molecule has 4 aromatic rings. The number of para-hydroxylation sites is 1. The highest BCUT2D eigenvalue weighted by atomic mass is 32.2. The summed E-state index contributed by atoms with van der Waals surface area (Å²) in [6, 6.07) is 12.9. The van der Waals surface area contributed by atoms with Crippen LogP contribution in [0.2, 0.25) is 0 Å². The Kier molecular flexibility index (Phi) is 7.62.